The predicted octanol–water partition coefficient (Wildman–Crippen LogP) is 5.30. The van der Waals surface area contributed by atoms with Gasteiger partial charge in [0.15, 0.2) is 5.69 Å². The Hall–Kier alpha value is -3.26. The molecule has 1 N–H and O–H groups in total. The van der Waals surface area contributed by atoms with E-state index >= 15 is 0 Å². The smallest absolute Gasteiger partial charge is 0.354 e. The molecule has 2 saturated heterocycles. The number of nitrogens with zero attached hydrogens (tertiary/aromatic N) is 4. The van der Waals surface area contributed by atoms with Crippen molar-refractivity contribution in [3.05, 3.63) is 59.1 Å². The highest BCUT2D eigenvalue weighted by molar-refractivity contribution is 5.85. The molecular weight excluding hydrogens is 456 g/mol. The van der Waals surface area contributed by atoms with Crippen LogP contribution in [0.15, 0.2) is 40.9 Å². The number of carboxylic acids is 1. The van der Waals surface area contributed by atoms with Crippen molar-refractivity contribution in [2.45, 2.75) is 88.0 Å². The van der Waals surface area contributed by atoms with Gasteiger partial charge < -0.3 is 19.3 Å². The Morgan fingerprint density at radius 2 is 1.72 bits per heavy atom. The van der Waals surface area contributed by atoms with Crippen molar-refractivity contribution in [1.82, 2.24) is 15.1 Å². The molecule has 2 aliphatic heterocycles. The lowest BCUT2D eigenvalue weighted by Crippen LogP contribution is -2.46. The van der Waals surface area contributed by atoms with Gasteiger partial charge in [-0.1, -0.05) is 35.5 Å². The summed E-state index contributed by atoms with van der Waals surface area (Å²) in [7, 11) is 0. The van der Waals surface area contributed by atoms with Gasteiger partial charge in [0.05, 0.1) is 12.7 Å². The number of benzene rings is 1. The number of hydrogen-bond acceptors (Lipinski definition) is 7. The van der Waals surface area contributed by atoms with E-state index in [2.05, 4.69) is 27.2 Å². The normalized spacial score (nSPS) is 25.3. The van der Waals surface area contributed by atoms with E-state index in [1.165, 1.54) is 0 Å². The molecule has 2 saturated carbocycles. The summed E-state index contributed by atoms with van der Waals surface area (Å²) in [6, 6.07) is 12.4. The highest BCUT2D eigenvalue weighted by Crippen LogP contribution is 2.45. The molecule has 186 valence electrons. The summed E-state index contributed by atoms with van der Waals surface area (Å²) in [5.41, 5.74) is 4.02. The van der Waals surface area contributed by atoms with Crippen LogP contribution >= 0.6 is 0 Å². The first kappa shape index (κ1) is 22.0. The van der Waals surface area contributed by atoms with Crippen molar-refractivity contribution < 1.29 is 19.2 Å². The Bertz CT molecular complexity index is 1270. The van der Waals surface area contributed by atoms with Gasteiger partial charge in [0.1, 0.15) is 11.5 Å². The number of fused-ring (bicyclic) bond motifs is 2. The van der Waals surface area contributed by atoms with Gasteiger partial charge in [0.25, 0.3) is 0 Å². The third-order valence-electron chi connectivity index (χ3n) is 8.15. The number of anilines is 1. The van der Waals surface area contributed by atoms with Gasteiger partial charge >= 0.3 is 5.97 Å². The lowest BCUT2D eigenvalue weighted by molar-refractivity contribution is 0.0144. The SMILES string of the molecule is O=C(O)c1cc(C2CC2)nc(N2C3CC[C@H]2CC(OCc2c(-c4ccccc4)noc2C2CC2)C3)n1. The molecule has 3 atom stereocenters. The first-order valence-corrected chi connectivity index (χ1v) is 13.2. The molecule has 0 radical (unpaired) electrons. The minimum Gasteiger partial charge on any atom is -0.477 e. The van der Waals surface area contributed by atoms with E-state index in [1.54, 1.807) is 6.07 Å². The lowest BCUT2D eigenvalue weighted by Gasteiger charge is -2.39. The van der Waals surface area contributed by atoms with Crippen LogP contribution in [0.2, 0.25) is 0 Å². The molecular formula is C28H30N4O4. The standard InChI is InChI=1S/C28H30N4O4/c33-27(34)24-14-23(16-6-7-16)29-28(30-24)32-19-10-11-20(32)13-21(12-19)35-15-22-25(17-4-2-1-3-5-17)31-36-26(22)18-8-9-18/h1-5,14,16,18-21H,6-13,15H2,(H,33,34)/t19-,20?,21?/m0/s1. The number of piperidine rings is 1. The minimum absolute atomic E-state index is 0.105. The van der Waals surface area contributed by atoms with E-state index in [0.717, 1.165) is 79.6 Å². The van der Waals surface area contributed by atoms with E-state index < -0.39 is 5.97 Å². The summed E-state index contributed by atoms with van der Waals surface area (Å²) in [5.74, 6) is 1.43. The molecule has 0 amide bonds. The van der Waals surface area contributed by atoms with Gasteiger partial charge in [0, 0.05) is 40.7 Å². The first-order valence-electron chi connectivity index (χ1n) is 13.2. The third-order valence-corrected chi connectivity index (χ3v) is 8.15. The Balaban J connectivity index is 1.09. The molecule has 2 bridgehead atoms. The summed E-state index contributed by atoms with van der Waals surface area (Å²) in [5, 5.41) is 14.0. The number of hydrogen-bond donors (Lipinski definition) is 1. The third kappa shape index (κ3) is 4.07. The zero-order chi connectivity index (χ0) is 24.2. The summed E-state index contributed by atoms with van der Waals surface area (Å²) < 4.78 is 12.4. The highest BCUT2D eigenvalue weighted by atomic mass is 16.5. The predicted molar refractivity (Wildman–Crippen MR) is 132 cm³/mol. The summed E-state index contributed by atoms with van der Waals surface area (Å²) >= 11 is 0. The molecule has 36 heavy (non-hydrogen) atoms. The van der Waals surface area contributed by atoms with E-state index in [1.807, 2.05) is 18.2 Å². The molecule has 2 aliphatic carbocycles. The Morgan fingerprint density at radius 1 is 1.00 bits per heavy atom. The molecule has 7 rings (SSSR count). The molecule has 4 fully saturated rings. The molecule has 3 aromatic rings. The van der Waals surface area contributed by atoms with Crippen LogP contribution in [-0.4, -0.2) is 44.4 Å². The van der Waals surface area contributed by atoms with Crippen molar-refractivity contribution in [2.75, 3.05) is 4.90 Å². The zero-order valence-electron chi connectivity index (χ0n) is 20.2. The molecule has 8 nitrogen and oxygen atoms in total. The van der Waals surface area contributed by atoms with Crippen molar-refractivity contribution >= 4 is 11.9 Å². The molecule has 1 aromatic carbocycles. The summed E-state index contributed by atoms with van der Waals surface area (Å²) in [6.07, 6.45) is 8.48. The fraction of sp³-hybridized carbons (Fsp3) is 0.500. The van der Waals surface area contributed by atoms with Gasteiger partial charge in [0.2, 0.25) is 5.95 Å². The monoisotopic (exact) mass is 486 g/mol. The van der Waals surface area contributed by atoms with Crippen LogP contribution in [0.4, 0.5) is 5.95 Å². The number of carbonyl (C=O) groups is 1. The van der Waals surface area contributed by atoms with E-state index in [-0.39, 0.29) is 23.9 Å². The topological polar surface area (TPSA) is 102 Å². The number of aromatic carboxylic acids is 1. The summed E-state index contributed by atoms with van der Waals surface area (Å²) in [4.78, 5) is 23.3. The van der Waals surface area contributed by atoms with Gasteiger partial charge in [-0.2, -0.15) is 0 Å². The van der Waals surface area contributed by atoms with Crippen LogP contribution in [0, 0.1) is 0 Å². The van der Waals surface area contributed by atoms with E-state index in [0.29, 0.717) is 24.4 Å². The van der Waals surface area contributed by atoms with Crippen LogP contribution in [0.1, 0.15) is 90.7 Å². The highest BCUT2D eigenvalue weighted by Gasteiger charge is 2.43. The Kier molecular flexibility index (Phi) is 5.31. The molecule has 4 aliphatic rings. The van der Waals surface area contributed by atoms with E-state index in [4.69, 9.17) is 14.2 Å². The van der Waals surface area contributed by atoms with Crippen molar-refractivity contribution in [3.8, 4) is 11.3 Å². The number of aromatic nitrogens is 3. The quantitative estimate of drug-likeness (QED) is 0.458. The van der Waals surface area contributed by atoms with Crippen molar-refractivity contribution in [3.63, 3.8) is 0 Å². The lowest BCUT2D eigenvalue weighted by atomic mass is 9.99. The second-order valence-corrected chi connectivity index (χ2v) is 10.8. The van der Waals surface area contributed by atoms with Gasteiger partial charge in [-0.25, -0.2) is 14.8 Å². The minimum atomic E-state index is -0.986. The maximum absolute atomic E-state index is 11.7. The van der Waals surface area contributed by atoms with Crippen LogP contribution in [0.25, 0.3) is 11.3 Å². The average molecular weight is 487 g/mol. The summed E-state index contributed by atoms with van der Waals surface area (Å²) in [6.45, 7) is 0.500. The van der Waals surface area contributed by atoms with Crippen molar-refractivity contribution in [2.24, 2.45) is 0 Å². The maximum atomic E-state index is 11.7. The zero-order valence-corrected chi connectivity index (χ0v) is 20.2. The molecule has 2 aromatic heterocycles. The van der Waals surface area contributed by atoms with Gasteiger partial charge in [-0.15, -0.1) is 0 Å². The van der Waals surface area contributed by atoms with Crippen LogP contribution in [0.5, 0.6) is 0 Å². The number of rotatable bonds is 8. The molecule has 0 spiro atoms. The molecule has 2 unspecified atom stereocenters. The fourth-order valence-electron chi connectivity index (χ4n) is 6.01. The number of carboxylic acid groups (broad SMARTS) is 1. The van der Waals surface area contributed by atoms with Gasteiger partial charge in [-0.3, -0.25) is 0 Å². The van der Waals surface area contributed by atoms with Crippen LogP contribution in [0.3, 0.4) is 0 Å². The largest absolute Gasteiger partial charge is 0.477 e. The average Bonchev–Trinajstić information content (AvgIpc) is 3.83. The van der Waals surface area contributed by atoms with Crippen molar-refractivity contribution in [1.29, 1.82) is 0 Å². The molecule has 8 heteroatoms. The Labute approximate surface area is 209 Å². The van der Waals surface area contributed by atoms with Crippen LogP contribution in [-0.2, 0) is 11.3 Å². The molecule has 4 heterocycles. The maximum Gasteiger partial charge on any atom is 0.354 e. The van der Waals surface area contributed by atoms with E-state index in [9.17, 15) is 9.90 Å². The first-order chi connectivity index (χ1) is 17.6. The second kappa shape index (κ2) is 8.69. The number of ether oxygens (including phenoxy) is 1. The Morgan fingerprint density at radius 3 is 2.39 bits per heavy atom. The second-order valence-electron chi connectivity index (χ2n) is 10.8. The fourth-order valence-corrected chi connectivity index (χ4v) is 6.01. The van der Waals surface area contributed by atoms with Crippen LogP contribution < -0.4 is 4.90 Å². The van der Waals surface area contributed by atoms with Gasteiger partial charge in [-0.05, 0) is 57.4 Å².